The van der Waals surface area contributed by atoms with Crippen LogP contribution in [0, 0.1) is 17.7 Å². The Hall–Kier alpha value is -0.600. The first kappa shape index (κ1) is 10.9. The predicted molar refractivity (Wildman–Crippen MR) is 60.4 cm³/mol. The molecule has 1 saturated carbocycles. The van der Waals surface area contributed by atoms with E-state index >= 15 is 0 Å². The summed E-state index contributed by atoms with van der Waals surface area (Å²) in [6.45, 7) is 3.73. The number of hydrogen-bond donors (Lipinski definition) is 1. The maximum absolute atomic E-state index is 13.3. The van der Waals surface area contributed by atoms with Crippen molar-refractivity contribution < 1.29 is 4.39 Å². The Kier molecular flexibility index (Phi) is 3.27. The van der Waals surface area contributed by atoms with Crippen molar-refractivity contribution in [2.24, 2.45) is 11.8 Å². The first-order chi connectivity index (χ1) is 7.18. The Balaban J connectivity index is 1.87. The largest absolute Gasteiger partial charge is 0.312 e. The van der Waals surface area contributed by atoms with Gasteiger partial charge in [-0.3, -0.25) is 0 Å². The van der Waals surface area contributed by atoms with Crippen LogP contribution < -0.4 is 5.32 Å². The third kappa shape index (κ3) is 2.70. The van der Waals surface area contributed by atoms with Crippen LogP contribution in [0.25, 0.3) is 0 Å². The summed E-state index contributed by atoms with van der Waals surface area (Å²) < 4.78 is 13.3. The Bertz CT molecular complexity index is 333. The van der Waals surface area contributed by atoms with Crippen LogP contribution in [-0.4, -0.2) is 6.54 Å². The van der Waals surface area contributed by atoms with Crippen LogP contribution in [0.3, 0.4) is 0 Å². The molecule has 1 nitrogen and oxygen atoms in total. The predicted octanol–water partition coefficient (Wildman–Crippen LogP) is 3.22. The van der Waals surface area contributed by atoms with E-state index in [4.69, 9.17) is 11.6 Å². The van der Waals surface area contributed by atoms with Gasteiger partial charge in [0.15, 0.2) is 0 Å². The van der Waals surface area contributed by atoms with Crippen molar-refractivity contribution in [2.75, 3.05) is 6.54 Å². The van der Waals surface area contributed by atoms with E-state index in [0.717, 1.165) is 18.4 Å². The SMILES string of the molecule is CC1CC1CNCc1c(F)cccc1Cl. The van der Waals surface area contributed by atoms with E-state index in [1.165, 1.54) is 12.5 Å². The van der Waals surface area contributed by atoms with Gasteiger partial charge in [0.05, 0.1) is 0 Å². The molecule has 15 heavy (non-hydrogen) atoms. The lowest BCUT2D eigenvalue weighted by atomic mass is 10.2. The number of nitrogens with one attached hydrogen (secondary N) is 1. The van der Waals surface area contributed by atoms with Gasteiger partial charge >= 0.3 is 0 Å². The lowest BCUT2D eigenvalue weighted by Crippen LogP contribution is -2.17. The van der Waals surface area contributed by atoms with E-state index in [9.17, 15) is 4.39 Å². The monoisotopic (exact) mass is 227 g/mol. The molecule has 1 aliphatic rings. The highest BCUT2D eigenvalue weighted by Crippen LogP contribution is 2.36. The average molecular weight is 228 g/mol. The Labute approximate surface area is 94.6 Å². The molecule has 0 spiro atoms. The van der Waals surface area contributed by atoms with Crippen molar-refractivity contribution in [3.05, 3.63) is 34.6 Å². The molecule has 0 aromatic heterocycles. The van der Waals surface area contributed by atoms with Crippen molar-refractivity contribution in [1.29, 1.82) is 0 Å². The Morgan fingerprint density at radius 2 is 2.27 bits per heavy atom. The second kappa shape index (κ2) is 4.50. The molecule has 82 valence electrons. The quantitative estimate of drug-likeness (QED) is 0.833. The van der Waals surface area contributed by atoms with Gasteiger partial charge in [0.25, 0.3) is 0 Å². The summed E-state index contributed by atoms with van der Waals surface area (Å²) in [5.74, 6) is 1.38. The Morgan fingerprint density at radius 3 is 2.87 bits per heavy atom. The number of rotatable bonds is 4. The number of benzene rings is 1. The highest BCUT2D eigenvalue weighted by atomic mass is 35.5. The molecule has 2 rings (SSSR count). The van der Waals surface area contributed by atoms with Crippen molar-refractivity contribution in [3.8, 4) is 0 Å². The van der Waals surface area contributed by atoms with Crippen LogP contribution in [0.15, 0.2) is 18.2 Å². The summed E-state index contributed by atoms with van der Waals surface area (Å²) in [5.41, 5.74) is 0.576. The minimum absolute atomic E-state index is 0.223. The first-order valence-corrected chi connectivity index (χ1v) is 5.70. The molecule has 1 aromatic rings. The lowest BCUT2D eigenvalue weighted by molar-refractivity contribution is 0.569. The second-order valence-corrected chi connectivity index (χ2v) is 4.71. The van der Waals surface area contributed by atoms with Crippen LogP contribution in [0.2, 0.25) is 5.02 Å². The minimum Gasteiger partial charge on any atom is -0.312 e. The van der Waals surface area contributed by atoms with Crippen LogP contribution >= 0.6 is 11.6 Å². The van der Waals surface area contributed by atoms with Gasteiger partial charge in [-0.15, -0.1) is 0 Å². The van der Waals surface area contributed by atoms with E-state index in [2.05, 4.69) is 12.2 Å². The third-order valence-electron chi connectivity index (χ3n) is 3.05. The average Bonchev–Trinajstić information content (AvgIpc) is 2.87. The van der Waals surface area contributed by atoms with Gasteiger partial charge in [0, 0.05) is 17.1 Å². The Morgan fingerprint density at radius 1 is 1.53 bits per heavy atom. The highest BCUT2D eigenvalue weighted by molar-refractivity contribution is 6.31. The van der Waals surface area contributed by atoms with Crippen molar-refractivity contribution >= 4 is 11.6 Å². The van der Waals surface area contributed by atoms with Gasteiger partial charge in [-0.05, 0) is 36.9 Å². The summed E-state index contributed by atoms with van der Waals surface area (Å²) in [5, 5.41) is 3.76. The van der Waals surface area contributed by atoms with Gasteiger partial charge in [-0.2, -0.15) is 0 Å². The summed E-state index contributed by atoms with van der Waals surface area (Å²) >= 11 is 5.91. The van der Waals surface area contributed by atoms with Crippen LogP contribution in [0.4, 0.5) is 4.39 Å². The summed E-state index contributed by atoms with van der Waals surface area (Å²) in [7, 11) is 0. The molecule has 0 heterocycles. The van der Waals surface area contributed by atoms with Crippen molar-refractivity contribution in [1.82, 2.24) is 5.32 Å². The van der Waals surface area contributed by atoms with Crippen molar-refractivity contribution in [3.63, 3.8) is 0 Å². The molecule has 1 fully saturated rings. The molecule has 0 saturated heterocycles. The van der Waals surface area contributed by atoms with Crippen LogP contribution in [-0.2, 0) is 6.54 Å². The van der Waals surface area contributed by atoms with Gasteiger partial charge < -0.3 is 5.32 Å². The zero-order chi connectivity index (χ0) is 10.8. The smallest absolute Gasteiger partial charge is 0.129 e. The van der Waals surface area contributed by atoms with Gasteiger partial charge in [-0.1, -0.05) is 24.6 Å². The lowest BCUT2D eigenvalue weighted by Gasteiger charge is -2.07. The molecule has 0 radical (unpaired) electrons. The fraction of sp³-hybridized carbons (Fsp3) is 0.500. The molecular weight excluding hydrogens is 213 g/mol. The van der Waals surface area contributed by atoms with Gasteiger partial charge in [-0.25, -0.2) is 4.39 Å². The molecule has 3 heteroatoms. The van der Waals surface area contributed by atoms with Gasteiger partial charge in [0.2, 0.25) is 0 Å². The second-order valence-electron chi connectivity index (χ2n) is 4.30. The van der Waals surface area contributed by atoms with E-state index in [0.29, 0.717) is 17.1 Å². The molecule has 1 aromatic carbocycles. The van der Waals surface area contributed by atoms with E-state index in [1.54, 1.807) is 12.1 Å². The van der Waals surface area contributed by atoms with Crippen molar-refractivity contribution in [2.45, 2.75) is 19.9 Å². The minimum atomic E-state index is -0.223. The molecular formula is C12H15ClFN. The standard InChI is InChI=1S/C12H15ClFN/c1-8-5-9(8)6-15-7-10-11(13)3-2-4-12(10)14/h2-4,8-9,15H,5-7H2,1H3. The zero-order valence-corrected chi connectivity index (χ0v) is 9.52. The normalized spacial score (nSPS) is 24.2. The molecule has 0 aliphatic heterocycles. The van der Waals surface area contributed by atoms with E-state index < -0.39 is 0 Å². The maximum Gasteiger partial charge on any atom is 0.129 e. The van der Waals surface area contributed by atoms with Crippen LogP contribution in [0.5, 0.6) is 0 Å². The third-order valence-corrected chi connectivity index (χ3v) is 3.40. The molecule has 0 bridgehead atoms. The molecule has 1 aliphatic carbocycles. The topological polar surface area (TPSA) is 12.0 Å². The fourth-order valence-electron chi connectivity index (χ4n) is 1.77. The number of hydrogen-bond acceptors (Lipinski definition) is 1. The fourth-order valence-corrected chi connectivity index (χ4v) is 2.00. The summed E-state index contributed by atoms with van der Waals surface area (Å²) in [6, 6.07) is 4.80. The summed E-state index contributed by atoms with van der Waals surface area (Å²) in [4.78, 5) is 0. The maximum atomic E-state index is 13.3. The summed E-state index contributed by atoms with van der Waals surface area (Å²) in [6.07, 6.45) is 1.29. The van der Waals surface area contributed by atoms with Crippen LogP contribution in [0.1, 0.15) is 18.9 Å². The molecule has 2 atom stereocenters. The van der Waals surface area contributed by atoms with Gasteiger partial charge in [0.1, 0.15) is 5.82 Å². The first-order valence-electron chi connectivity index (χ1n) is 5.32. The zero-order valence-electron chi connectivity index (χ0n) is 8.76. The molecule has 0 amide bonds. The van der Waals surface area contributed by atoms with E-state index in [-0.39, 0.29) is 5.82 Å². The molecule has 1 N–H and O–H groups in total. The number of halogens is 2. The molecule has 2 unspecified atom stereocenters. The highest BCUT2D eigenvalue weighted by Gasteiger charge is 2.31. The van der Waals surface area contributed by atoms with E-state index in [1.807, 2.05) is 0 Å².